The summed E-state index contributed by atoms with van der Waals surface area (Å²) in [6, 6.07) is 2.34. The van der Waals surface area contributed by atoms with Crippen LogP contribution in [-0.2, 0) is 16.1 Å². The third-order valence-corrected chi connectivity index (χ3v) is 4.51. The maximum atomic E-state index is 12.2. The molecule has 1 aromatic heterocycles. The first-order valence-corrected chi connectivity index (χ1v) is 7.96. The van der Waals surface area contributed by atoms with Gasteiger partial charge in [0.05, 0.1) is 18.6 Å². The lowest BCUT2D eigenvalue weighted by molar-refractivity contribution is -0.132. The Morgan fingerprint density at radius 2 is 2.36 bits per heavy atom. The van der Waals surface area contributed by atoms with Crippen molar-refractivity contribution in [1.29, 1.82) is 0 Å². The van der Waals surface area contributed by atoms with E-state index in [9.17, 15) is 4.79 Å². The van der Waals surface area contributed by atoms with Crippen molar-refractivity contribution in [1.82, 2.24) is 15.1 Å². The number of nitrogens with one attached hydrogen (secondary N) is 1. The monoisotopic (exact) mass is 307 g/mol. The van der Waals surface area contributed by atoms with Crippen molar-refractivity contribution in [2.24, 2.45) is 0 Å². The van der Waals surface area contributed by atoms with Crippen LogP contribution >= 0.6 is 0 Å². The normalized spacial score (nSPS) is 28.2. The van der Waals surface area contributed by atoms with Crippen molar-refractivity contribution in [3.05, 3.63) is 24.2 Å². The summed E-state index contributed by atoms with van der Waals surface area (Å²) in [4.78, 5) is 16.7. The summed E-state index contributed by atoms with van der Waals surface area (Å²) in [5.74, 6) is 0.0273. The highest BCUT2D eigenvalue weighted by Gasteiger charge is 2.45. The highest BCUT2D eigenvalue weighted by Crippen LogP contribution is 2.33. The van der Waals surface area contributed by atoms with Gasteiger partial charge >= 0.3 is 0 Å². The lowest BCUT2D eigenvalue weighted by atomic mass is 10.1. The van der Waals surface area contributed by atoms with E-state index in [1.165, 1.54) is 5.56 Å². The average Bonchev–Trinajstić information content (AvgIpc) is 3.17. The van der Waals surface area contributed by atoms with Gasteiger partial charge in [0.15, 0.2) is 0 Å². The second-order valence-electron chi connectivity index (χ2n) is 6.45. The Morgan fingerprint density at radius 1 is 1.50 bits per heavy atom. The van der Waals surface area contributed by atoms with Gasteiger partial charge in [-0.25, -0.2) is 0 Å². The Labute approximate surface area is 131 Å². The molecule has 1 N–H and O–H groups in total. The van der Waals surface area contributed by atoms with E-state index < -0.39 is 0 Å². The number of furan rings is 1. The second-order valence-corrected chi connectivity index (χ2v) is 6.45. The standard InChI is InChI=1S/C16H25N3O3/c1-18(2)7-5-17-16(20)15-9-13-14(22-15)3-6-19(13)10-12-4-8-21-11-12/h4,8,11,13-15H,3,5-7,9-10H2,1-2H3,(H,17,20)/t13-,14-,15+/m1/s1. The maximum Gasteiger partial charge on any atom is 0.249 e. The molecule has 2 aliphatic heterocycles. The van der Waals surface area contributed by atoms with Gasteiger partial charge in [0.25, 0.3) is 0 Å². The van der Waals surface area contributed by atoms with Crippen molar-refractivity contribution < 1.29 is 13.9 Å². The summed E-state index contributed by atoms with van der Waals surface area (Å²) in [5.41, 5.74) is 1.18. The molecule has 0 radical (unpaired) electrons. The van der Waals surface area contributed by atoms with E-state index in [1.54, 1.807) is 12.5 Å². The molecule has 0 saturated carbocycles. The lowest BCUT2D eigenvalue weighted by Crippen LogP contribution is -2.39. The van der Waals surface area contributed by atoms with Gasteiger partial charge in [-0.05, 0) is 26.6 Å². The van der Waals surface area contributed by atoms with Crippen LogP contribution in [0.5, 0.6) is 0 Å². The number of ether oxygens (including phenoxy) is 1. The number of likely N-dealkylation sites (tertiary alicyclic amines) is 1. The first-order chi connectivity index (χ1) is 10.6. The summed E-state index contributed by atoms with van der Waals surface area (Å²) in [5, 5.41) is 2.97. The van der Waals surface area contributed by atoms with E-state index in [0.29, 0.717) is 12.6 Å². The number of fused-ring (bicyclic) bond motifs is 1. The van der Waals surface area contributed by atoms with Gasteiger partial charge in [0.2, 0.25) is 5.91 Å². The number of carbonyl (C=O) groups excluding carboxylic acids is 1. The fraction of sp³-hybridized carbons (Fsp3) is 0.688. The first-order valence-electron chi connectivity index (χ1n) is 7.96. The zero-order valence-electron chi connectivity index (χ0n) is 13.3. The summed E-state index contributed by atoms with van der Waals surface area (Å²) < 4.78 is 11.1. The van der Waals surface area contributed by atoms with E-state index in [4.69, 9.17) is 9.15 Å². The van der Waals surface area contributed by atoms with Crippen molar-refractivity contribution in [2.45, 2.75) is 37.6 Å². The number of amides is 1. The smallest absolute Gasteiger partial charge is 0.249 e. The molecule has 0 aromatic carbocycles. The molecule has 122 valence electrons. The van der Waals surface area contributed by atoms with Crippen LogP contribution in [-0.4, -0.2) is 67.7 Å². The van der Waals surface area contributed by atoms with Gasteiger partial charge in [-0.2, -0.15) is 0 Å². The number of hydrogen-bond donors (Lipinski definition) is 1. The average molecular weight is 307 g/mol. The third kappa shape index (κ3) is 3.51. The quantitative estimate of drug-likeness (QED) is 0.838. The Morgan fingerprint density at radius 3 is 3.09 bits per heavy atom. The van der Waals surface area contributed by atoms with Gasteiger partial charge in [-0.15, -0.1) is 0 Å². The number of rotatable bonds is 6. The number of hydrogen-bond acceptors (Lipinski definition) is 5. The minimum Gasteiger partial charge on any atom is -0.472 e. The molecule has 2 aliphatic rings. The van der Waals surface area contributed by atoms with Crippen molar-refractivity contribution in [3.8, 4) is 0 Å². The Balaban J connectivity index is 1.49. The Bertz CT molecular complexity index is 489. The molecule has 22 heavy (non-hydrogen) atoms. The summed E-state index contributed by atoms with van der Waals surface area (Å²) >= 11 is 0. The maximum absolute atomic E-state index is 12.2. The zero-order chi connectivity index (χ0) is 15.5. The van der Waals surface area contributed by atoms with E-state index >= 15 is 0 Å². The zero-order valence-corrected chi connectivity index (χ0v) is 13.3. The van der Waals surface area contributed by atoms with Crippen LogP contribution < -0.4 is 5.32 Å². The van der Waals surface area contributed by atoms with E-state index in [-0.39, 0.29) is 18.1 Å². The van der Waals surface area contributed by atoms with Crippen LogP contribution in [0.1, 0.15) is 18.4 Å². The topological polar surface area (TPSA) is 58.0 Å². The van der Waals surface area contributed by atoms with Gasteiger partial charge in [-0.3, -0.25) is 9.69 Å². The van der Waals surface area contributed by atoms with Crippen LogP contribution in [0.2, 0.25) is 0 Å². The van der Waals surface area contributed by atoms with Crippen LogP contribution in [0.15, 0.2) is 23.0 Å². The fourth-order valence-electron chi connectivity index (χ4n) is 3.33. The minimum atomic E-state index is -0.302. The summed E-state index contributed by atoms with van der Waals surface area (Å²) in [6.45, 7) is 3.41. The molecule has 3 heterocycles. The lowest BCUT2D eigenvalue weighted by Gasteiger charge is -2.21. The molecule has 6 nitrogen and oxygen atoms in total. The molecule has 0 aliphatic carbocycles. The molecule has 2 saturated heterocycles. The SMILES string of the molecule is CN(C)CCNC(=O)[C@@H]1C[C@@H]2[C@@H](CCN2Cc2ccoc2)O1. The van der Waals surface area contributed by atoms with Gasteiger partial charge in [-0.1, -0.05) is 0 Å². The minimum absolute atomic E-state index is 0.0273. The van der Waals surface area contributed by atoms with Crippen LogP contribution in [0, 0.1) is 0 Å². The largest absolute Gasteiger partial charge is 0.472 e. The summed E-state index contributed by atoms with van der Waals surface area (Å²) in [6.07, 6.45) is 5.17. The predicted molar refractivity (Wildman–Crippen MR) is 82.4 cm³/mol. The van der Waals surface area contributed by atoms with Crippen LogP contribution in [0.25, 0.3) is 0 Å². The summed E-state index contributed by atoms with van der Waals surface area (Å²) in [7, 11) is 3.99. The molecule has 1 aromatic rings. The molecule has 0 bridgehead atoms. The van der Waals surface area contributed by atoms with Gasteiger partial charge < -0.3 is 19.4 Å². The molecule has 3 atom stereocenters. The van der Waals surface area contributed by atoms with E-state index in [1.807, 2.05) is 20.2 Å². The van der Waals surface area contributed by atoms with Crippen molar-refractivity contribution in [3.63, 3.8) is 0 Å². The van der Waals surface area contributed by atoms with Crippen molar-refractivity contribution >= 4 is 5.91 Å². The highest BCUT2D eigenvalue weighted by molar-refractivity contribution is 5.81. The molecule has 3 rings (SSSR count). The first kappa shape index (κ1) is 15.5. The highest BCUT2D eigenvalue weighted by atomic mass is 16.5. The van der Waals surface area contributed by atoms with Crippen LogP contribution in [0.3, 0.4) is 0 Å². The van der Waals surface area contributed by atoms with Crippen molar-refractivity contribution in [2.75, 3.05) is 33.7 Å². The van der Waals surface area contributed by atoms with Gasteiger partial charge in [0.1, 0.15) is 6.10 Å². The van der Waals surface area contributed by atoms with Crippen LogP contribution in [0.4, 0.5) is 0 Å². The fourth-order valence-corrected chi connectivity index (χ4v) is 3.33. The molecule has 1 amide bonds. The number of carbonyl (C=O) groups is 1. The Kier molecular flexibility index (Phi) is 4.81. The molecule has 0 unspecified atom stereocenters. The number of likely N-dealkylation sites (N-methyl/N-ethyl adjacent to an activating group) is 1. The molecule has 6 heteroatoms. The Hall–Kier alpha value is -1.37. The van der Waals surface area contributed by atoms with E-state index in [2.05, 4.69) is 15.1 Å². The third-order valence-electron chi connectivity index (χ3n) is 4.51. The molecule has 0 spiro atoms. The van der Waals surface area contributed by atoms with E-state index in [0.717, 1.165) is 32.5 Å². The predicted octanol–water partition coefficient (Wildman–Crippen LogP) is 0.689. The molecule has 2 fully saturated rings. The van der Waals surface area contributed by atoms with Gasteiger partial charge in [0, 0.05) is 44.2 Å². The number of nitrogens with zero attached hydrogens (tertiary/aromatic N) is 2. The second kappa shape index (κ2) is 6.81. The molecular weight excluding hydrogens is 282 g/mol. The molecular formula is C16H25N3O3.